The van der Waals surface area contributed by atoms with E-state index in [1.807, 2.05) is 36.6 Å². The van der Waals surface area contributed by atoms with Gasteiger partial charge in [-0.25, -0.2) is 0 Å². The number of nitrogens with two attached hydrogens (primary N) is 1. The molecule has 0 radical (unpaired) electrons. The molecule has 0 aliphatic carbocycles. The van der Waals surface area contributed by atoms with Crippen molar-refractivity contribution in [2.24, 2.45) is 17.6 Å². The summed E-state index contributed by atoms with van der Waals surface area (Å²) in [5.41, 5.74) is 7.31. The van der Waals surface area contributed by atoms with Crippen LogP contribution in [0.25, 0.3) is 0 Å². The maximum Gasteiger partial charge on any atom is 0.315 e. The summed E-state index contributed by atoms with van der Waals surface area (Å²) in [7, 11) is 0. The van der Waals surface area contributed by atoms with Crippen molar-refractivity contribution in [3.05, 3.63) is 59.4 Å². The molecule has 8 heteroatoms. The summed E-state index contributed by atoms with van der Waals surface area (Å²) in [4.78, 5) is 52.5. The third-order valence-corrected chi connectivity index (χ3v) is 6.79. The number of nitrogens with zero attached hydrogens (tertiary/aromatic N) is 2. The number of carbonyl (C=O) groups excluding carboxylic acids is 4. The first-order valence-corrected chi connectivity index (χ1v) is 11.9. The van der Waals surface area contributed by atoms with Gasteiger partial charge in [0.1, 0.15) is 0 Å². The molecule has 1 aromatic carbocycles. The van der Waals surface area contributed by atoms with Gasteiger partial charge < -0.3 is 19.9 Å². The van der Waals surface area contributed by atoms with E-state index in [4.69, 9.17) is 10.5 Å². The number of amides is 2. The number of likely N-dealkylation sites (tertiary alicyclic amines) is 1. The highest BCUT2D eigenvalue weighted by molar-refractivity contribution is 6.08. The molecular formula is C26H31N3O5. The SMILES string of the molecule is CC(C)C(OC(=O)C1CCn2c(C(=O)c3ccccc3)ccc21)C(=O)N1CCCC(C(N)=O)C1. The summed E-state index contributed by atoms with van der Waals surface area (Å²) in [5, 5.41) is 0. The van der Waals surface area contributed by atoms with E-state index in [0.29, 0.717) is 43.6 Å². The maximum atomic E-state index is 13.2. The highest BCUT2D eigenvalue weighted by Crippen LogP contribution is 2.33. The molecular weight excluding hydrogens is 434 g/mol. The molecule has 1 saturated heterocycles. The monoisotopic (exact) mass is 465 g/mol. The van der Waals surface area contributed by atoms with Crippen molar-refractivity contribution in [1.82, 2.24) is 9.47 Å². The molecule has 3 unspecified atom stereocenters. The number of piperidine rings is 1. The van der Waals surface area contributed by atoms with Crippen molar-refractivity contribution in [2.75, 3.05) is 13.1 Å². The fourth-order valence-corrected chi connectivity index (χ4v) is 4.89. The van der Waals surface area contributed by atoms with Gasteiger partial charge in [-0.15, -0.1) is 0 Å². The zero-order valence-electron chi connectivity index (χ0n) is 19.6. The number of rotatable bonds is 7. The van der Waals surface area contributed by atoms with Gasteiger partial charge in [0.15, 0.2) is 6.10 Å². The van der Waals surface area contributed by atoms with Gasteiger partial charge in [-0.05, 0) is 37.3 Å². The number of hydrogen-bond donors (Lipinski definition) is 1. The molecule has 0 spiro atoms. The Morgan fingerprint density at radius 2 is 1.74 bits per heavy atom. The normalized spacial score (nSPS) is 20.6. The standard InChI is InChI=1S/C26H31N3O5/c1-16(2)23(25(32)28-13-6-9-18(15-28)24(27)31)34-26(33)19-12-14-29-20(19)10-11-21(29)22(30)17-7-4-3-5-8-17/h3-5,7-8,10-11,16,18-19,23H,6,9,12-15H2,1-2H3,(H2,27,31). The molecule has 180 valence electrons. The largest absolute Gasteiger partial charge is 0.451 e. The van der Waals surface area contributed by atoms with Crippen LogP contribution in [-0.2, 0) is 25.7 Å². The number of ether oxygens (including phenoxy) is 1. The van der Waals surface area contributed by atoms with E-state index in [1.54, 1.807) is 29.2 Å². The summed E-state index contributed by atoms with van der Waals surface area (Å²) in [6.07, 6.45) is 0.922. The van der Waals surface area contributed by atoms with Gasteiger partial charge in [0, 0.05) is 30.9 Å². The Bertz CT molecular complexity index is 1090. The first-order chi connectivity index (χ1) is 16.3. The van der Waals surface area contributed by atoms with Gasteiger partial charge in [-0.1, -0.05) is 44.2 Å². The average Bonchev–Trinajstić information content (AvgIpc) is 3.44. The number of primary amides is 1. The van der Waals surface area contributed by atoms with Crippen molar-refractivity contribution in [1.29, 1.82) is 0 Å². The Hall–Kier alpha value is -3.42. The van der Waals surface area contributed by atoms with E-state index in [-0.39, 0.29) is 30.1 Å². The topological polar surface area (TPSA) is 112 Å². The third kappa shape index (κ3) is 4.62. The molecule has 34 heavy (non-hydrogen) atoms. The summed E-state index contributed by atoms with van der Waals surface area (Å²) in [6.45, 7) is 4.97. The van der Waals surface area contributed by atoms with Crippen LogP contribution in [0.2, 0.25) is 0 Å². The Kier molecular flexibility index (Phi) is 6.86. The molecule has 3 heterocycles. The van der Waals surface area contributed by atoms with Crippen LogP contribution < -0.4 is 5.73 Å². The lowest BCUT2D eigenvalue weighted by atomic mass is 9.96. The Labute approximate surface area is 199 Å². The van der Waals surface area contributed by atoms with Crippen LogP contribution in [-0.4, -0.2) is 52.2 Å². The van der Waals surface area contributed by atoms with Crippen LogP contribution in [0.15, 0.2) is 42.5 Å². The number of ketones is 1. The fourth-order valence-electron chi connectivity index (χ4n) is 4.89. The van der Waals surface area contributed by atoms with E-state index in [9.17, 15) is 19.2 Å². The summed E-state index contributed by atoms with van der Waals surface area (Å²) >= 11 is 0. The number of aromatic nitrogens is 1. The second-order valence-corrected chi connectivity index (χ2v) is 9.46. The minimum Gasteiger partial charge on any atom is -0.451 e. The molecule has 1 aromatic heterocycles. The van der Waals surface area contributed by atoms with E-state index in [0.717, 1.165) is 5.69 Å². The molecule has 8 nitrogen and oxygen atoms in total. The lowest BCUT2D eigenvalue weighted by molar-refractivity contribution is -0.165. The number of esters is 1. The molecule has 2 aliphatic rings. The predicted octanol–water partition coefficient (Wildman–Crippen LogP) is 2.50. The lowest BCUT2D eigenvalue weighted by Crippen LogP contribution is -2.50. The van der Waals surface area contributed by atoms with Gasteiger partial charge in [0.2, 0.25) is 11.7 Å². The van der Waals surface area contributed by atoms with Gasteiger partial charge >= 0.3 is 5.97 Å². The zero-order valence-corrected chi connectivity index (χ0v) is 19.6. The van der Waals surface area contributed by atoms with Gasteiger partial charge in [0.05, 0.1) is 17.5 Å². The summed E-state index contributed by atoms with van der Waals surface area (Å²) < 4.78 is 7.64. The molecule has 4 rings (SSSR count). The molecule has 1 fully saturated rings. The highest BCUT2D eigenvalue weighted by atomic mass is 16.5. The predicted molar refractivity (Wildman–Crippen MR) is 125 cm³/mol. The second-order valence-electron chi connectivity index (χ2n) is 9.46. The van der Waals surface area contributed by atoms with E-state index in [2.05, 4.69) is 0 Å². The molecule has 2 aromatic rings. The molecule has 3 atom stereocenters. The Morgan fingerprint density at radius 3 is 2.41 bits per heavy atom. The number of benzene rings is 1. The van der Waals surface area contributed by atoms with Crippen molar-refractivity contribution in [3.63, 3.8) is 0 Å². The quantitative estimate of drug-likeness (QED) is 0.499. The zero-order chi connectivity index (χ0) is 24.4. The molecule has 2 aliphatic heterocycles. The maximum absolute atomic E-state index is 13.2. The van der Waals surface area contributed by atoms with Crippen LogP contribution in [0.5, 0.6) is 0 Å². The van der Waals surface area contributed by atoms with Crippen LogP contribution >= 0.6 is 0 Å². The fraction of sp³-hybridized carbons (Fsp3) is 0.462. The number of fused-ring (bicyclic) bond motifs is 1. The van der Waals surface area contributed by atoms with Crippen molar-refractivity contribution in [3.8, 4) is 0 Å². The molecule has 0 bridgehead atoms. The summed E-state index contributed by atoms with van der Waals surface area (Å²) in [6, 6.07) is 12.6. The van der Waals surface area contributed by atoms with Crippen molar-refractivity contribution in [2.45, 2.75) is 51.7 Å². The van der Waals surface area contributed by atoms with Crippen LogP contribution in [0.1, 0.15) is 60.8 Å². The Morgan fingerprint density at radius 1 is 1.00 bits per heavy atom. The molecule has 2 N–H and O–H groups in total. The minimum atomic E-state index is -0.937. The highest BCUT2D eigenvalue weighted by Gasteiger charge is 2.38. The van der Waals surface area contributed by atoms with E-state index in [1.165, 1.54) is 0 Å². The second kappa shape index (κ2) is 9.83. The van der Waals surface area contributed by atoms with Gasteiger partial charge in [-0.3, -0.25) is 19.2 Å². The van der Waals surface area contributed by atoms with Crippen molar-refractivity contribution >= 4 is 23.6 Å². The summed E-state index contributed by atoms with van der Waals surface area (Å²) in [5.74, 6) is -2.40. The minimum absolute atomic E-state index is 0.0924. The van der Waals surface area contributed by atoms with Crippen LogP contribution in [0.3, 0.4) is 0 Å². The number of hydrogen-bond acceptors (Lipinski definition) is 5. The molecule has 0 saturated carbocycles. The Balaban J connectivity index is 1.47. The first kappa shape index (κ1) is 23.7. The lowest BCUT2D eigenvalue weighted by Gasteiger charge is -2.34. The van der Waals surface area contributed by atoms with E-state index >= 15 is 0 Å². The van der Waals surface area contributed by atoms with Gasteiger partial charge in [0.25, 0.3) is 5.91 Å². The van der Waals surface area contributed by atoms with Crippen molar-refractivity contribution < 1.29 is 23.9 Å². The third-order valence-electron chi connectivity index (χ3n) is 6.79. The van der Waals surface area contributed by atoms with Crippen LogP contribution in [0, 0.1) is 11.8 Å². The smallest absolute Gasteiger partial charge is 0.315 e. The number of carbonyl (C=O) groups is 4. The molecule has 2 amide bonds. The van der Waals surface area contributed by atoms with E-state index < -0.39 is 23.9 Å². The van der Waals surface area contributed by atoms with Gasteiger partial charge in [-0.2, -0.15) is 0 Å². The first-order valence-electron chi connectivity index (χ1n) is 11.9. The average molecular weight is 466 g/mol. The van der Waals surface area contributed by atoms with Crippen LogP contribution in [0.4, 0.5) is 0 Å².